The van der Waals surface area contributed by atoms with E-state index in [0.29, 0.717) is 19.6 Å². The molecule has 1 fully saturated rings. The number of rotatable bonds is 7. The van der Waals surface area contributed by atoms with E-state index in [1.165, 1.54) is 6.42 Å². The zero-order valence-electron chi connectivity index (χ0n) is 10.6. The van der Waals surface area contributed by atoms with E-state index in [1.807, 2.05) is 0 Å². The van der Waals surface area contributed by atoms with Crippen molar-refractivity contribution in [3.63, 3.8) is 0 Å². The van der Waals surface area contributed by atoms with Crippen molar-refractivity contribution in [2.75, 3.05) is 26.9 Å². The molecular weight excluding hydrogens is 220 g/mol. The highest BCUT2D eigenvalue weighted by atomic mass is 16.5. The molecule has 0 aromatic carbocycles. The first kappa shape index (κ1) is 14.4. The number of nitrogens with one attached hydrogen (secondary N) is 1. The van der Waals surface area contributed by atoms with E-state index >= 15 is 0 Å². The van der Waals surface area contributed by atoms with Crippen molar-refractivity contribution in [2.24, 2.45) is 5.73 Å². The summed E-state index contributed by atoms with van der Waals surface area (Å²) in [5, 5.41) is 2.85. The zero-order chi connectivity index (χ0) is 12.5. The number of hydrogen-bond acceptors (Lipinski definition) is 4. The Bertz CT molecular complexity index is 218. The van der Waals surface area contributed by atoms with Gasteiger partial charge in [0.15, 0.2) is 0 Å². The highest BCUT2D eigenvalue weighted by Gasteiger charge is 2.17. The van der Waals surface area contributed by atoms with Crippen molar-refractivity contribution < 1.29 is 14.3 Å². The monoisotopic (exact) mass is 244 g/mol. The zero-order valence-corrected chi connectivity index (χ0v) is 10.6. The first-order chi connectivity index (χ1) is 8.24. The number of carbonyl (C=O) groups is 1. The van der Waals surface area contributed by atoms with Crippen molar-refractivity contribution in [2.45, 2.75) is 44.2 Å². The van der Waals surface area contributed by atoms with Crippen LogP contribution in [0.5, 0.6) is 0 Å². The second-order valence-corrected chi connectivity index (χ2v) is 4.48. The molecule has 5 heteroatoms. The quantitative estimate of drug-likeness (QED) is 0.637. The summed E-state index contributed by atoms with van der Waals surface area (Å²) in [6.45, 7) is 2.03. The van der Waals surface area contributed by atoms with Crippen LogP contribution in [0.1, 0.15) is 32.1 Å². The number of hydrogen-bond donors (Lipinski definition) is 2. The van der Waals surface area contributed by atoms with E-state index in [0.717, 1.165) is 25.9 Å². The Morgan fingerprint density at radius 3 is 3.06 bits per heavy atom. The first-order valence-corrected chi connectivity index (χ1v) is 6.38. The maximum Gasteiger partial charge on any atom is 0.237 e. The second kappa shape index (κ2) is 8.44. The van der Waals surface area contributed by atoms with Gasteiger partial charge in [-0.15, -0.1) is 0 Å². The van der Waals surface area contributed by atoms with Gasteiger partial charge in [-0.25, -0.2) is 0 Å². The molecule has 1 aliphatic heterocycles. The maximum absolute atomic E-state index is 11.6. The van der Waals surface area contributed by atoms with Crippen LogP contribution in [0.2, 0.25) is 0 Å². The van der Waals surface area contributed by atoms with E-state index < -0.39 is 6.04 Å². The number of nitrogens with two attached hydrogens (primary N) is 1. The Morgan fingerprint density at radius 2 is 2.41 bits per heavy atom. The van der Waals surface area contributed by atoms with Crippen LogP contribution in [0.25, 0.3) is 0 Å². The molecular formula is C12H24N2O3. The van der Waals surface area contributed by atoms with E-state index in [1.54, 1.807) is 7.11 Å². The summed E-state index contributed by atoms with van der Waals surface area (Å²) in [7, 11) is 1.64. The minimum absolute atomic E-state index is 0.0877. The SMILES string of the molecule is COCCCC(N)C(=O)NCC1CCCCO1. The summed E-state index contributed by atoms with van der Waals surface area (Å²) in [6, 6.07) is -0.436. The molecule has 0 radical (unpaired) electrons. The molecule has 0 aliphatic carbocycles. The third kappa shape index (κ3) is 6.00. The predicted octanol–water partition coefficient (Wildman–Crippen LogP) is 0.426. The fourth-order valence-electron chi connectivity index (χ4n) is 1.89. The van der Waals surface area contributed by atoms with Crippen LogP contribution in [0, 0.1) is 0 Å². The van der Waals surface area contributed by atoms with Crippen LogP contribution in [0.3, 0.4) is 0 Å². The third-order valence-corrected chi connectivity index (χ3v) is 2.98. The average molecular weight is 244 g/mol. The van der Waals surface area contributed by atoms with E-state index in [-0.39, 0.29) is 12.0 Å². The molecule has 0 aromatic heterocycles. The molecule has 1 aliphatic rings. The van der Waals surface area contributed by atoms with E-state index in [4.69, 9.17) is 15.2 Å². The third-order valence-electron chi connectivity index (χ3n) is 2.98. The van der Waals surface area contributed by atoms with Crippen molar-refractivity contribution in [3.8, 4) is 0 Å². The van der Waals surface area contributed by atoms with Gasteiger partial charge in [0, 0.05) is 26.9 Å². The average Bonchev–Trinajstić information content (AvgIpc) is 2.37. The largest absolute Gasteiger partial charge is 0.385 e. The van der Waals surface area contributed by atoms with Crippen LogP contribution < -0.4 is 11.1 Å². The van der Waals surface area contributed by atoms with Crippen LogP contribution >= 0.6 is 0 Å². The van der Waals surface area contributed by atoms with Crippen LogP contribution in [0.4, 0.5) is 0 Å². The summed E-state index contributed by atoms with van der Waals surface area (Å²) in [5.41, 5.74) is 5.77. The minimum atomic E-state index is -0.436. The number of carbonyl (C=O) groups excluding carboxylic acids is 1. The van der Waals surface area contributed by atoms with Gasteiger partial charge < -0.3 is 20.5 Å². The molecule has 5 nitrogen and oxygen atoms in total. The van der Waals surface area contributed by atoms with Gasteiger partial charge in [0.25, 0.3) is 0 Å². The van der Waals surface area contributed by atoms with Gasteiger partial charge in [-0.3, -0.25) is 4.79 Å². The topological polar surface area (TPSA) is 73.6 Å². The molecule has 0 bridgehead atoms. The lowest BCUT2D eigenvalue weighted by molar-refractivity contribution is -0.123. The molecule has 1 saturated heterocycles. The van der Waals surface area contributed by atoms with Gasteiger partial charge in [0.05, 0.1) is 12.1 Å². The molecule has 0 saturated carbocycles. The van der Waals surface area contributed by atoms with Crippen molar-refractivity contribution in [3.05, 3.63) is 0 Å². The second-order valence-electron chi connectivity index (χ2n) is 4.48. The van der Waals surface area contributed by atoms with Gasteiger partial charge in [-0.2, -0.15) is 0 Å². The summed E-state index contributed by atoms with van der Waals surface area (Å²) >= 11 is 0. The smallest absolute Gasteiger partial charge is 0.237 e. The molecule has 1 heterocycles. The maximum atomic E-state index is 11.6. The Balaban J connectivity index is 2.10. The highest BCUT2D eigenvalue weighted by molar-refractivity contribution is 5.81. The molecule has 2 atom stereocenters. The summed E-state index contributed by atoms with van der Waals surface area (Å²) < 4.78 is 10.5. The Kier molecular flexibility index (Phi) is 7.16. The highest BCUT2D eigenvalue weighted by Crippen LogP contribution is 2.11. The standard InChI is InChI=1S/C12H24N2O3/c1-16-7-4-6-11(13)12(15)14-9-10-5-2-3-8-17-10/h10-11H,2-9,13H2,1H3,(H,14,15). The normalized spacial score (nSPS) is 22.1. The fourth-order valence-corrected chi connectivity index (χ4v) is 1.89. The van der Waals surface area contributed by atoms with E-state index in [2.05, 4.69) is 5.32 Å². The van der Waals surface area contributed by atoms with Crippen LogP contribution in [-0.2, 0) is 14.3 Å². The summed E-state index contributed by atoms with van der Waals surface area (Å²) in [6.07, 6.45) is 4.97. The Hall–Kier alpha value is -0.650. The van der Waals surface area contributed by atoms with Gasteiger partial charge in [0.1, 0.15) is 0 Å². The van der Waals surface area contributed by atoms with Crippen molar-refractivity contribution in [1.29, 1.82) is 0 Å². The molecule has 1 amide bonds. The van der Waals surface area contributed by atoms with Crippen molar-refractivity contribution in [1.82, 2.24) is 5.32 Å². The molecule has 0 aromatic rings. The van der Waals surface area contributed by atoms with Gasteiger partial charge in [-0.1, -0.05) is 0 Å². The minimum Gasteiger partial charge on any atom is -0.385 e. The van der Waals surface area contributed by atoms with E-state index in [9.17, 15) is 4.79 Å². The fraction of sp³-hybridized carbons (Fsp3) is 0.917. The molecule has 2 unspecified atom stereocenters. The lowest BCUT2D eigenvalue weighted by Gasteiger charge is -2.23. The van der Waals surface area contributed by atoms with Crippen LogP contribution in [0.15, 0.2) is 0 Å². The lowest BCUT2D eigenvalue weighted by Crippen LogP contribution is -2.44. The molecule has 0 spiro atoms. The first-order valence-electron chi connectivity index (χ1n) is 6.38. The predicted molar refractivity (Wildman–Crippen MR) is 65.7 cm³/mol. The molecule has 100 valence electrons. The molecule has 3 N–H and O–H groups in total. The number of ether oxygens (including phenoxy) is 2. The summed E-state index contributed by atoms with van der Waals surface area (Å²) in [4.78, 5) is 11.6. The van der Waals surface area contributed by atoms with Gasteiger partial charge in [-0.05, 0) is 32.1 Å². The molecule has 1 rings (SSSR count). The molecule has 17 heavy (non-hydrogen) atoms. The van der Waals surface area contributed by atoms with Gasteiger partial charge in [0.2, 0.25) is 5.91 Å². The van der Waals surface area contributed by atoms with Gasteiger partial charge >= 0.3 is 0 Å². The Labute approximate surface area is 103 Å². The number of methoxy groups -OCH3 is 1. The number of amides is 1. The van der Waals surface area contributed by atoms with Crippen molar-refractivity contribution >= 4 is 5.91 Å². The van der Waals surface area contributed by atoms with Crippen LogP contribution in [-0.4, -0.2) is 44.9 Å². The summed E-state index contributed by atoms with van der Waals surface area (Å²) in [5.74, 6) is -0.0877. The lowest BCUT2D eigenvalue weighted by atomic mass is 10.1. The Morgan fingerprint density at radius 1 is 1.59 bits per heavy atom.